The summed E-state index contributed by atoms with van der Waals surface area (Å²) in [5.41, 5.74) is 3.53. The van der Waals surface area contributed by atoms with Crippen molar-refractivity contribution >= 4 is 5.91 Å². The Morgan fingerprint density at radius 1 is 1.13 bits per heavy atom. The van der Waals surface area contributed by atoms with Crippen LogP contribution in [0.4, 0.5) is 0 Å². The van der Waals surface area contributed by atoms with Crippen molar-refractivity contribution in [1.29, 1.82) is 0 Å². The van der Waals surface area contributed by atoms with Crippen LogP contribution < -0.4 is 9.47 Å². The molecule has 2 aromatic rings. The summed E-state index contributed by atoms with van der Waals surface area (Å²) in [5, 5.41) is 0. The van der Waals surface area contributed by atoms with Crippen molar-refractivity contribution in [2.75, 3.05) is 21.3 Å². The molecule has 0 atom stereocenters. The Balaban J connectivity index is 2.21. The van der Waals surface area contributed by atoms with Gasteiger partial charge in [0.2, 0.25) is 0 Å². The highest BCUT2D eigenvalue weighted by atomic mass is 16.5. The van der Waals surface area contributed by atoms with Crippen molar-refractivity contribution in [2.45, 2.75) is 20.4 Å². The van der Waals surface area contributed by atoms with Crippen molar-refractivity contribution in [1.82, 2.24) is 9.88 Å². The number of carbonyl (C=O) groups is 1. The van der Waals surface area contributed by atoms with Crippen molar-refractivity contribution in [3.63, 3.8) is 0 Å². The zero-order chi connectivity index (χ0) is 17.0. The van der Waals surface area contributed by atoms with Crippen LogP contribution in [-0.2, 0) is 6.54 Å². The third-order valence-corrected chi connectivity index (χ3v) is 3.75. The number of hydrogen-bond donors (Lipinski definition) is 0. The molecule has 0 bridgehead atoms. The minimum absolute atomic E-state index is 0.0633. The second kappa shape index (κ2) is 7.13. The summed E-state index contributed by atoms with van der Waals surface area (Å²) < 4.78 is 10.6. The number of carbonyl (C=O) groups excluding carboxylic acids is 1. The lowest BCUT2D eigenvalue weighted by molar-refractivity contribution is 0.0784. The van der Waals surface area contributed by atoms with Crippen LogP contribution in [0.5, 0.6) is 11.5 Å². The molecule has 23 heavy (non-hydrogen) atoms. The van der Waals surface area contributed by atoms with Crippen molar-refractivity contribution in [2.24, 2.45) is 0 Å². The summed E-state index contributed by atoms with van der Waals surface area (Å²) >= 11 is 0. The molecule has 2 rings (SSSR count). The standard InChI is InChI=1S/C18H22N2O3/c1-12-8-16(22-4)17(23-5)9-15(12)11-20(3)18(21)14-7-6-13(2)19-10-14/h6-10H,11H2,1-5H3. The van der Waals surface area contributed by atoms with Crippen LogP contribution in [0, 0.1) is 13.8 Å². The quantitative estimate of drug-likeness (QED) is 0.851. The molecular formula is C18H22N2O3. The van der Waals surface area contributed by atoms with Gasteiger partial charge in [0, 0.05) is 25.5 Å². The fourth-order valence-electron chi connectivity index (χ4n) is 2.34. The monoisotopic (exact) mass is 314 g/mol. The number of nitrogens with zero attached hydrogens (tertiary/aromatic N) is 2. The first-order valence-corrected chi connectivity index (χ1v) is 7.36. The highest BCUT2D eigenvalue weighted by Gasteiger charge is 2.15. The van der Waals surface area contributed by atoms with Gasteiger partial charge in [0.05, 0.1) is 19.8 Å². The van der Waals surface area contributed by atoms with Gasteiger partial charge in [0.15, 0.2) is 11.5 Å². The average molecular weight is 314 g/mol. The molecule has 0 N–H and O–H groups in total. The normalized spacial score (nSPS) is 10.3. The Hall–Kier alpha value is -2.56. The van der Waals surface area contributed by atoms with E-state index in [4.69, 9.17) is 9.47 Å². The predicted octanol–water partition coefficient (Wildman–Crippen LogP) is 2.99. The molecule has 0 saturated heterocycles. The molecule has 122 valence electrons. The van der Waals surface area contributed by atoms with Gasteiger partial charge in [0.1, 0.15) is 0 Å². The number of aromatic nitrogens is 1. The van der Waals surface area contributed by atoms with Gasteiger partial charge in [-0.05, 0) is 49.2 Å². The van der Waals surface area contributed by atoms with Crippen molar-refractivity contribution < 1.29 is 14.3 Å². The van der Waals surface area contributed by atoms with E-state index in [-0.39, 0.29) is 5.91 Å². The summed E-state index contributed by atoms with van der Waals surface area (Å²) in [6.07, 6.45) is 1.61. The van der Waals surface area contributed by atoms with Gasteiger partial charge in [-0.15, -0.1) is 0 Å². The predicted molar refractivity (Wildman–Crippen MR) is 89.1 cm³/mol. The number of aryl methyl sites for hydroxylation is 2. The van der Waals surface area contributed by atoms with Gasteiger partial charge in [-0.3, -0.25) is 9.78 Å². The van der Waals surface area contributed by atoms with Gasteiger partial charge in [-0.25, -0.2) is 0 Å². The van der Waals surface area contributed by atoms with Gasteiger partial charge in [0.25, 0.3) is 5.91 Å². The molecule has 0 saturated carbocycles. The van der Waals surface area contributed by atoms with Crippen molar-refractivity contribution in [3.05, 3.63) is 52.8 Å². The Morgan fingerprint density at radius 3 is 2.35 bits per heavy atom. The first-order valence-electron chi connectivity index (χ1n) is 7.36. The van der Waals surface area contributed by atoms with E-state index in [0.29, 0.717) is 23.6 Å². The van der Waals surface area contributed by atoms with E-state index in [1.165, 1.54) is 0 Å². The molecule has 1 aromatic heterocycles. The Morgan fingerprint density at radius 2 is 1.78 bits per heavy atom. The minimum atomic E-state index is -0.0633. The number of methoxy groups -OCH3 is 2. The number of rotatable bonds is 5. The van der Waals surface area contributed by atoms with Crippen LogP contribution in [0.3, 0.4) is 0 Å². The molecule has 0 aliphatic heterocycles. The summed E-state index contributed by atoms with van der Waals surface area (Å²) in [7, 11) is 4.99. The molecule has 0 aliphatic rings. The van der Waals surface area contributed by atoms with Crippen LogP contribution in [0.1, 0.15) is 27.2 Å². The molecule has 0 radical (unpaired) electrons. The second-order valence-electron chi connectivity index (χ2n) is 5.48. The number of hydrogen-bond acceptors (Lipinski definition) is 4. The lowest BCUT2D eigenvalue weighted by atomic mass is 10.1. The Labute approximate surface area is 136 Å². The van der Waals surface area contributed by atoms with E-state index in [2.05, 4.69) is 4.98 Å². The Kier molecular flexibility index (Phi) is 5.21. The number of benzene rings is 1. The maximum Gasteiger partial charge on any atom is 0.255 e. The lowest BCUT2D eigenvalue weighted by Gasteiger charge is -2.20. The molecule has 1 heterocycles. The highest BCUT2D eigenvalue weighted by Crippen LogP contribution is 2.30. The van der Waals surface area contributed by atoms with Gasteiger partial charge < -0.3 is 14.4 Å². The fraction of sp³-hybridized carbons (Fsp3) is 0.333. The maximum absolute atomic E-state index is 12.5. The van der Waals surface area contributed by atoms with Crippen LogP contribution >= 0.6 is 0 Å². The molecule has 1 amide bonds. The first-order chi connectivity index (χ1) is 11.0. The van der Waals surface area contributed by atoms with Gasteiger partial charge >= 0.3 is 0 Å². The number of pyridine rings is 1. The topological polar surface area (TPSA) is 51.7 Å². The summed E-state index contributed by atoms with van der Waals surface area (Å²) in [5.74, 6) is 1.28. The molecule has 5 nitrogen and oxygen atoms in total. The third kappa shape index (κ3) is 3.80. The van der Waals surface area contributed by atoms with Crippen LogP contribution in [-0.4, -0.2) is 37.1 Å². The van der Waals surface area contributed by atoms with Gasteiger partial charge in [-0.1, -0.05) is 0 Å². The molecule has 1 aromatic carbocycles. The first kappa shape index (κ1) is 16.8. The largest absolute Gasteiger partial charge is 0.493 e. The summed E-state index contributed by atoms with van der Waals surface area (Å²) in [6, 6.07) is 7.45. The number of amides is 1. The van der Waals surface area contributed by atoms with Crippen LogP contribution in [0.15, 0.2) is 30.5 Å². The van der Waals surface area contributed by atoms with Gasteiger partial charge in [-0.2, -0.15) is 0 Å². The molecule has 0 aliphatic carbocycles. The summed E-state index contributed by atoms with van der Waals surface area (Å²) in [4.78, 5) is 18.3. The third-order valence-electron chi connectivity index (χ3n) is 3.75. The second-order valence-corrected chi connectivity index (χ2v) is 5.48. The van der Waals surface area contributed by atoms with Crippen LogP contribution in [0.25, 0.3) is 0 Å². The lowest BCUT2D eigenvalue weighted by Crippen LogP contribution is -2.26. The molecular weight excluding hydrogens is 292 g/mol. The molecule has 0 unspecified atom stereocenters. The van der Waals surface area contributed by atoms with E-state index in [1.807, 2.05) is 32.0 Å². The molecule has 0 spiro atoms. The van der Waals surface area contributed by atoms with E-state index >= 15 is 0 Å². The van der Waals surface area contributed by atoms with E-state index < -0.39 is 0 Å². The molecule has 0 fully saturated rings. The van der Waals surface area contributed by atoms with E-state index in [0.717, 1.165) is 16.8 Å². The molecule has 5 heteroatoms. The Bertz CT molecular complexity index is 696. The van der Waals surface area contributed by atoms with Crippen LogP contribution in [0.2, 0.25) is 0 Å². The zero-order valence-electron chi connectivity index (χ0n) is 14.2. The summed E-state index contributed by atoms with van der Waals surface area (Å²) in [6.45, 7) is 4.37. The van der Waals surface area contributed by atoms with E-state index in [9.17, 15) is 4.79 Å². The highest BCUT2D eigenvalue weighted by molar-refractivity contribution is 5.93. The average Bonchev–Trinajstić information content (AvgIpc) is 2.56. The van der Waals surface area contributed by atoms with E-state index in [1.54, 1.807) is 38.4 Å². The smallest absolute Gasteiger partial charge is 0.255 e. The zero-order valence-corrected chi connectivity index (χ0v) is 14.2. The number of ether oxygens (including phenoxy) is 2. The van der Waals surface area contributed by atoms with Crippen molar-refractivity contribution in [3.8, 4) is 11.5 Å². The minimum Gasteiger partial charge on any atom is -0.493 e. The SMILES string of the molecule is COc1cc(C)c(CN(C)C(=O)c2ccc(C)nc2)cc1OC. The fourth-order valence-corrected chi connectivity index (χ4v) is 2.34. The maximum atomic E-state index is 12.5.